The Morgan fingerprint density at radius 2 is 1.93 bits per heavy atom. The second-order valence-electron chi connectivity index (χ2n) is 8.57. The van der Waals surface area contributed by atoms with E-state index < -0.39 is 0 Å². The SMILES string of the molecule is O=C(NC1CCCCCC1)[C@H]1CCCN(c2ncnc3c2sc2cccc(F)c23)C1. The van der Waals surface area contributed by atoms with Crippen LogP contribution in [0.3, 0.4) is 0 Å². The number of carbonyl (C=O) groups excluding carboxylic acids is 1. The molecular weight excluding hydrogens is 399 g/mol. The Balaban J connectivity index is 1.38. The van der Waals surface area contributed by atoms with Crippen molar-refractivity contribution in [1.29, 1.82) is 0 Å². The monoisotopic (exact) mass is 426 g/mol. The third-order valence-electron chi connectivity index (χ3n) is 6.50. The lowest BCUT2D eigenvalue weighted by molar-refractivity contribution is -0.126. The number of hydrogen-bond donors (Lipinski definition) is 1. The second kappa shape index (κ2) is 8.46. The highest BCUT2D eigenvalue weighted by molar-refractivity contribution is 7.26. The highest BCUT2D eigenvalue weighted by Crippen LogP contribution is 2.39. The number of benzene rings is 1. The number of halogens is 1. The maximum atomic E-state index is 14.4. The molecule has 1 aliphatic carbocycles. The van der Waals surface area contributed by atoms with Crippen molar-refractivity contribution in [3.63, 3.8) is 0 Å². The summed E-state index contributed by atoms with van der Waals surface area (Å²) in [6, 6.07) is 5.46. The Bertz CT molecular complexity index is 1060. The van der Waals surface area contributed by atoms with E-state index in [2.05, 4.69) is 20.2 Å². The molecule has 3 heterocycles. The first-order chi connectivity index (χ1) is 14.7. The number of piperidine rings is 1. The summed E-state index contributed by atoms with van der Waals surface area (Å²) in [7, 11) is 0. The maximum absolute atomic E-state index is 14.4. The normalized spacial score (nSPS) is 21.1. The van der Waals surface area contributed by atoms with Crippen molar-refractivity contribution < 1.29 is 9.18 Å². The van der Waals surface area contributed by atoms with Gasteiger partial charge in [0, 0.05) is 23.8 Å². The van der Waals surface area contributed by atoms with Crippen LogP contribution >= 0.6 is 11.3 Å². The van der Waals surface area contributed by atoms with Gasteiger partial charge in [-0.3, -0.25) is 4.79 Å². The van der Waals surface area contributed by atoms with Gasteiger partial charge in [0.05, 0.1) is 21.5 Å². The summed E-state index contributed by atoms with van der Waals surface area (Å²) in [6.07, 6.45) is 10.6. The van der Waals surface area contributed by atoms with E-state index in [1.54, 1.807) is 6.07 Å². The average molecular weight is 427 g/mol. The standard InChI is InChI=1S/C23H27FN4OS/c24-17-10-5-11-18-19(17)20-21(30-18)22(26-14-25-20)28-12-6-7-15(13-28)23(29)27-16-8-3-1-2-4-9-16/h5,10-11,14-16H,1-4,6-9,12-13H2,(H,27,29)/t15-/m0/s1. The van der Waals surface area contributed by atoms with E-state index in [4.69, 9.17) is 0 Å². The molecule has 7 heteroatoms. The minimum atomic E-state index is -0.248. The summed E-state index contributed by atoms with van der Waals surface area (Å²) < 4.78 is 16.2. The van der Waals surface area contributed by atoms with Gasteiger partial charge in [0.15, 0.2) is 0 Å². The topological polar surface area (TPSA) is 58.1 Å². The molecule has 1 saturated heterocycles. The highest BCUT2D eigenvalue weighted by Gasteiger charge is 2.29. The fourth-order valence-corrected chi connectivity index (χ4v) is 6.10. The molecule has 2 aliphatic rings. The molecule has 3 aromatic rings. The number of aromatic nitrogens is 2. The van der Waals surface area contributed by atoms with E-state index in [1.165, 1.54) is 49.4 Å². The van der Waals surface area contributed by atoms with Crippen LogP contribution in [0.25, 0.3) is 20.3 Å². The first kappa shape index (κ1) is 19.7. The van der Waals surface area contributed by atoms with Gasteiger partial charge in [0.25, 0.3) is 0 Å². The fraction of sp³-hybridized carbons (Fsp3) is 0.522. The van der Waals surface area contributed by atoms with Crippen LogP contribution in [0.2, 0.25) is 0 Å². The Kier molecular flexibility index (Phi) is 5.54. The quantitative estimate of drug-likeness (QED) is 0.596. The molecule has 1 atom stereocenters. The van der Waals surface area contributed by atoms with E-state index >= 15 is 0 Å². The van der Waals surface area contributed by atoms with Crippen molar-refractivity contribution in [3.05, 3.63) is 30.3 Å². The lowest BCUT2D eigenvalue weighted by atomic mass is 9.96. The number of nitrogens with one attached hydrogen (secondary N) is 1. The molecule has 1 aliphatic heterocycles. The molecular formula is C23H27FN4OS. The van der Waals surface area contributed by atoms with Crippen molar-refractivity contribution in [2.45, 2.75) is 57.4 Å². The van der Waals surface area contributed by atoms with Gasteiger partial charge in [0.1, 0.15) is 18.0 Å². The largest absolute Gasteiger partial charge is 0.355 e. The fourth-order valence-electron chi connectivity index (χ4n) is 4.92. The number of nitrogens with zero attached hydrogens (tertiary/aromatic N) is 3. The molecule has 0 radical (unpaired) electrons. The van der Waals surface area contributed by atoms with Gasteiger partial charge >= 0.3 is 0 Å². The number of anilines is 1. The van der Waals surface area contributed by atoms with E-state index in [-0.39, 0.29) is 17.6 Å². The highest BCUT2D eigenvalue weighted by atomic mass is 32.1. The van der Waals surface area contributed by atoms with Gasteiger partial charge < -0.3 is 10.2 Å². The molecule has 1 amide bonds. The molecule has 30 heavy (non-hydrogen) atoms. The molecule has 1 N–H and O–H groups in total. The van der Waals surface area contributed by atoms with E-state index in [0.29, 0.717) is 23.5 Å². The van der Waals surface area contributed by atoms with E-state index in [1.807, 2.05) is 6.07 Å². The van der Waals surface area contributed by atoms with E-state index in [0.717, 1.165) is 47.4 Å². The minimum absolute atomic E-state index is 0.0295. The van der Waals surface area contributed by atoms with Crippen LogP contribution in [0, 0.1) is 11.7 Å². The predicted molar refractivity (Wildman–Crippen MR) is 119 cm³/mol. The molecule has 1 saturated carbocycles. The maximum Gasteiger partial charge on any atom is 0.225 e. The van der Waals surface area contributed by atoms with Crippen molar-refractivity contribution in [2.75, 3.05) is 18.0 Å². The summed E-state index contributed by atoms with van der Waals surface area (Å²) in [5.41, 5.74) is 0.670. The zero-order valence-corrected chi connectivity index (χ0v) is 17.9. The molecule has 0 unspecified atom stereocenters. The summed E-state index contributed by atoms with van der Waals surface area (Å²) >= 11 is 1.53. The molecule has 5 nitrogen and oxygen atoms in total. The zero-order chi connectivity index (χ0) is 20.5. The van der Waals surface area contributed by atoms with Crippen LogP contribution in [0.1, 0.15) is 51.4 Å². The Labute approximate surface area is 179 Å². The molecule has 0 spiro atoms. The third-order valence-corrected chi connectivity index (χ3v) is 7.64. The van der Waals surface area contributed by atoms with Gasteiger partial charge in [-0.05, 0) is 37.8 Å². The van der Waals surface area contributed by atoms with Crippen molar-refractivity contribution in [2.24, 2.45) is 5.92 Å². The number of fused-ring (bicyclic) bond motifs is 3. The second-order valence-corrected chi connectivity index (χ2v) is 9.62. The van der Waals surface area contributed by atoms with Crippen molar-refractivity contribution in [1.82, 2.24) is 15.3 Å². The third kappa shape index (κ3) is 3.75. The van der Waals surface area contributed by atoms with Gasteiger partial charge in [0.2, 0.25) is 5.91 Å². The molecule has 2 aromatic heterocycles. The molecule has 5 rings (SSSR count). The number of carbonyl (C=O) groups is 1. The van der Waals surface area contributed by atoms with Gasteiger partial charge in [-0.25, -0.2) is 14.4 Å². The van der Waals surface area contributed by atoms with Crippen LogP contribution in [-0.2, 0) is 4.79 Å². The Morgan fingerprint density at radius 3 is 2.77 bits per heavy atom. The number of thiophene rings is 1. The van der Waals surface area contributed by atoms with Crippen LogP contribution in [-0.4, -0.2) is 35.0 Å². The summed E-state index contributed by atoms with van der Waals surface area (Å²) in [6.45, 7) is 1.51. The number of amides is 1. The predicted octanol–water partition coefficient (Wildman–Crippen LogP) is 5.04. The van der Waals surface area contributed by atoms with Gasteiger partial charge in [-0.1, -0.05) is 31.7 Å². The summed E-state index contributed by atoms with van der Waals surface area (Å²) in [4.78, 5) is 24.1. The molecule has 0 bridgehead atoms. The number of hydrogen-bond acceptors (Lipinski definition) is 5. The smallest absolute Gasteiger partial charge is 0.225 e. The van der Waals surface area contributed by atoms with Crippen LogP contribution in [0.15, 0.2) is 24.5 Å². The van der Waals surface area contributed by atoms with E-state index in [9.17, 15) is 9.18 Å². The van der Waals surface area contributed by atoms with Crippen LogP contribution in [0.5, 0.6) is 0 Å². The summed E-state index contributed by atoms with van der Waals surface area (Å²) in [5.74, 6) is 0.729. The molecule has 158 valence electrons. The Hall–Kier alpha value is -2.28. The first-order valence-corrected chi connectivity index (χ1v) is 11.9. The summed E-state index contributed by atoms with van der Waals surface area (Å²) in [5, 5.41) is 3.89. The number of rotatable bonds is 3. The minimum Gasteiger partial charge on any atom is -0.355 e. The van der Waals surface area contributed by atoms with Gasteiger partial charge in [-0.2, -0.15) is 0 Å². The lowest BCUT2D eigenvalue weighted by Crippen LogP contribution is -2.46. The van der Waals surface area contributed by atoms with Gasteiger partial charge in [-0.15, -0.1) is 11.3 Å². The molecule has 1 aromatic carbocycles. The zero-order valence-electron chi connectivity index (χ0n) is 17.1. The van der Waals surface area contributed by atoms with Crippen LogP contribution < -0.4 is 10.2 Å². The average Bonchev–Trinajstić information content (AvgIpc) is 2.97. The first-order valence-electron chi connectivity index (χ1n) is 11.1. The lowest BCUT2D eigenvalue weighted by Gasteiger charge is -2.33. The Morgan fingerprint density at radius 1 is 1.10 bits per heavy atom. The van der Waals surface area contributed by atoms with Crippen molar-refractivity contribution >= 4 is 43.4 Å². The van der Waals surface area contributed by atoms with Crippen molar-refractivity contribution in [3.8, 4) is 0 Å². The molecule has 2 fully saturated rings. The van der Waals surface area contributed by atoms with Crippen LogP contribution in [0.4, 0.5) is 10.2 Å².